The number of hydrogen-bond donors (Lipinski definition) is 1. The average molecular weight is 312 g/mol. The van der Waals surface area contributed by atoms with Crippen LogP contribution in [0, 0.1) is 11.3 Å². The smallest absolute Gasteiger partial charge is 0.259 e. The summed E-state index contributed by atoms with van der Waals surface area (Å²) >= 11 is 0. The fraction of sp³-hybridized carbons (Fsp3) is 0.0476. The topological polar surface area (TPSA) is 66.9 Å². The molecule has 3 aromatic carbocycles. The Morgan fingerprint density at radius 1 is 0.917 bits per heavy atom. The second-order valence-corrected chi connectivity index (χ2v) is 5.55. The van der Waals surface area contributed by atoms with Gasteiger partial charge in [0.1, 0.15) is 11.6 Å². The molecule has 0 fully saturated rings. The van der Waals surface area contributed by atoms with Gasteiger partial charge in [-0.2, -0.15) is 5.26 Å². The van der Waals surface area contributed by atoms with Crippen molar-refractivity contribution in [1.29, 1.82) is 5.26 Å². The first-order chi connectivity index (χ1) is 11.7. The number of primary amides is 1. The molecule has 0 unspecified atom stereocenters. The molecule has 0 spiro atoms. The molecule has 1 amide bonds. The summed E-state index contributed by atoms with van der Waals surface area (Å²) in [5.41, 5.74) is 7.96. The predicted octanol–water partition coefficient (Wildman–Crippen LogP) is 3.84. The third-order valence-electron chi connectivity index (χ3n) is 3.98. The monoisotopic (exact) mass is 312 g/mol. The van der Waals surface area contributed by atoms with Gasteiger partial charge in [0.05, 0.1) is 0 Å². The van der Waals surface area contributed by atoms with Gasteiger partial charge in [-0.1, -0.05) is 66.7 Å². The standard InChI is InChI=1S/C21H16N2O/c22-14-20(21(23)24)19(12-15-6-2-1-3-7-15)18-11-10-16-8-4-5-9-17(16)13-18/h1-11,13H,12H2,(H2,23,24). The molecule has 0 radical (unpaired) electrons. The van der Waals surface area contributed by atoms with Crippen LogP contribution in [0.25, 0.3) is 16.3 Å². The average Bonchev–Trinajstić information content (AvgIpc) is 2.61. The molecule has 0 aliphatic carbocycles. The van der Waals surface area contributed by atoms with E-state index in [9.17, 15) is 10.1 Å². The summed E-state index contributed by atoms with van der Waals surface area (Å²) < 4.78 is 0. The first kappa shape index (κ1) is 15.5. The molecule has 24 heavy (non-hydrogen) atoms. The Morgan fingerprint density at radius 3 is 2.25 bits per heavy atom. The predicted molar refractivity (Wildman–Crippen MR) is 95.8 cm³/mol. The van der Waals surface area contributed by atoms with E-state index in [0.29, 0.717) is 12.0 Å². The molecule has 0 saturated carbocycles. The summed E-state index contributed by atoms with van der Waals surface area (Å²) in [4.78, 5) is 11.7. The van der Waals surface area contributed by atoms with E-state index in [0.717, 1.165) is 21.9 Å². The van der Waals surface area contributed by atoms with Crippen molar-refractivity contribution >= 4 is 22.3 Å². The molecule has 3 aromatic rings. The first-order valence-corrected chi connectivity index (χ1v) is 7.65. The van der Waals surface area contributed by atoms with Crippen LogP contribution in [0.1, 0.15) is 11.1 Å². The van der Waals surface area contributed by atoms with Crippen molar-refractivity contribution < 1.29 is 4.79 Å². The number of hydrogen-bond acceptors (Lipinski definition) is 2. The molecule has 0 aromatic heterocycles. The van der Waals surface area contributed by atoms with Crippen molar-refractivity contribution in [3.8, 4) is 6.07 Å². The lowest BCUT2D eigenvalue weighted by molar-refractivity contribution is -0.114. The zero-order chi connectivity index (χ0) is 16.9. The number of nitriles is 1. The molecule has 0 aliphatic rings. The van der Waals surface area contributed by atoms with Crippen LogP contribution in [0.4, 0.5) is 0 Å². The largest absolute Gasteiger partial charge is 0.365 e. The third-order valence-corrected chi connectivity index (χ3v) is 3.98. The number of amides is 1. The summed E-state index contributed by atoms with van der Waals surface area (Å²) in [7, 11) is 0. The quantitative estimate of drug-likeness (QED) is 0.587. The van der Waals surface area contributed by atoms with Gasteiger partial charge >= 0.3 is 0 Å². The fourth-order valence-electron chi connectivity index (χ4n) is 2.78. The van der Waals surface area contributed by atoms with Crippen LogP contribution in [0.3, 0.4) is 0 Å². The zero-order valence-electron chi connectivity index (χ0n) is 13.1. The van der Waals surface area contributed by atoms with E-state index >= 15 is 0 Å². The van der Waals surface area contributed by atoms with Crippen molar-refractivity contribution in [2.45, 2.75) is 6.42 Å². The molecule has 116 valence electrons. The van der Waals surface area contributed by atoms with E-state index in [1.54, 1.807) is 0 Å². The highest BCUT2D eigenvalue weighted by molar-refractivity contribution is 6.04. The fourth-order valence-corrected chi connectivity index (χ4v) is 2.78. The lowest BCUT2D eigenvalue weighted by atomic mass is 9.92. The van der Waals surface area contributed by atoms with Crippen LogP contribution < -0.4 is 5.73 Å². The highest BCUT2D eigenvalue weighted by Crippen LogP contribution is 2.26. The van der Waals surface area contributed by atoms with Crippen molar-refractivity contribution in [3.05, 3.63) is 89.5 Å². The Morgan fingerprint density at radius 2 is 1.58 bits per heavy atom. The van der Waals surface area contributed by atoms with Crippen LogP contribution >= 0.6 is 0 Å². The molecular weight excluding hydrogens is 296 g/mol. The van der Waals surface area contributed by atoms with Crippen LogP contribution in [-0.4, -0.2) is 5.91 Å². The molecular formula is C21H16N2O. The van der Waals surface area contributed by atoms with Gasteiger partial charge in [0.15, 0.2) is 0 Å². The van der Waals surface area contributed by atoms with Gasteiger partial charge in [-0.25, -0.2) is 0 Å². The van der Waals surface area contributed by atoms with Gasteiger partial charge in [-0.05, 0) is 40.0 Å². The van der Waals surface area contributed by atoms with Gasteiger partial charge in [0, 0.05) is 0 Å². The molecule has 0 atom stereocenters. The number of benzene rings is 3. The molecule has 3 nitrogen and oxygen atoms in total. The van der Waals surface area contributed by atoms with E-state index < -0.39 is 5.91 Å². The van der Waals surface area contributed by atoms with Crippen LogP contribution in [-0.2, 0) is 11.2 Å². The van der Waals surface area contributed by atoms with E-state index in [1.165, 1.54) is 0 Å². The van der Waals surface area contributed by atoms with E-state index in [4.69, 9.17) is 5.73 Å². The second-order valence-electron chi connectivity index (χ2n) is 5.55. The molecule has 3 heteroatoms. The molecule has 0 bridgehead atoms. The number of nitrogens with two attached hydrogens (primary N) is 1. The zero-order valence-corrected chi connectivity index (χ0v) is 13.1. The minimum Gasteiger partial charge on any atom is -0.365 e. The molecule has 2 N–H and O–H groups in total. The minimum atomic E-state index is -0.698. The molecule has 0 saturated heterocycles. The number of carbonyl (C=O) groups is 1. The number of nitrogens with zero attached hydrogens (tertiary/aromatic N) is 1. The summed E-state index contributed by atoms with van der Waals surface area (Å²) in [6, 6.07) is 25.6. The second kappa shape index (κ2) is 6.80. The Hall–Kier alpha value is -3.38. The first-order valence-electron chi connectivity index (χ1n) is 7.65. The normalized spacial score (nSPS) is 11.6. The Bertz CT molecular complexity index is 966. The highest BCUT2D eigenvalue weighted by Gasteiger charge is 2.15. The number of fused-ring (bicyclic) bond motifs is 1. The Balaban J connectivity index is 2.16. The van der Waals surface area contributed by atoms with Gasteiger partial charge < -0.3 is 5.73 Å². The maximum Gasteiger partial charge on any atom is 0.259 e. The molecule has 0 heterocycles. The minimum absolute atomic E-state index is 0.00846. The van der Waals surface area contributed by atoms with E-state index in [1.807, 2.05) is 78.9 Å². The van der Waals surface area contributed by atoms with Crippen LogP contribution in [0.5, 0.6) is 0 Å². The maximum atomic E-state index is 11.7. The lowest BCUT2D eigenvalue weighted by Crippen LogP contribution is -2.15. The molecule has 0 aliphatic heterocycles. The van der Waals surface area contributed by atoms with Crippen LogP contribution in [0.2, 0.25) is 0 Å². The third kappa shape index (κ3) is 3.18. The van der Waals surface area contributed by atoms with Crippen molar-refractivity contribution in [2.24, 2.45) is 5.73 Å². The lowest BCUT2D eigenvalue weighted by Gasteiger charge is -2.11. The Labute approximate surface area is 140 Å². The number of carbonyl (C=O) groups excluding carboxylic acids is 1. The van der Waals surface area contributed by atoms with Gasteiger partial charge in [0.2, 0.25) is 0 Å². The number of rotatable bonds is 4. The van der Waals surface area contributed by atoms with Gasteiger partial charge in [0.25, 0.3) is 5.91 Å². The maximum absolute atomic E-state index is 11.7. The SMILES string of the molecule is N#CC(C(N)=O)=C(Cc1ccccc1)c1ccc2ccccc2c1. The van der Waals surface area contributed by atoms with Gasteiger partial charge in [-0.3, -0.25) is 4.79 Å². The van der Waals surface area contributed by atoms with E-state index in [2.05, 4.69) is 0 Å². The number of allylic oxidation sites excluding steroid dienone is 1. The van der Waals surface area contributed by atoms with E-state index in [-0.39, 0.29) is 5.57 Å². The van der Waals surface area contributed by atoms with Crippen molar-refractivity contribution in [2.75, 3.05) is 0 Å². The summed E-state index contributed by atoms with van der Waals surface area (Å²) in [5.74, 6) is -0.698. The van der Waals surface area contributed by atoms with Crippen molar-refractivity contribution in [1.82, 2.24) is 0 Å². The van der Waals surface area contributed by atoms with Crippen LogP contribution in [0.15, 0.2) is 78.4 Å². The molecule has 3 rings (SSSR count). The highest BCUT2D eigenvalue weighted by atomic mass is 16.1. The summed E-state index contributed by atoms with van der Waals surface area (Å²) in [5, 5.41) is 11.6. The van der Waals surface area contributed by atoms with Crippen molar-refractivity contribution in [3.63, 3.8) is 0 Å². The Kier molecular flexibility index (Phi) is 4.40. The summed E-state index contributed by atoms with van der Waals surface area (Å²) in [6.45, 7) is 0. The summed E-state index contributed by atoms with van der Waals surface area (Å²) in [6.07, 6.45) is 0.477. The van der Waals surface area contributed by atoms with Gasteiger partial charge in [-0.15, -0.1) is 0 Å².